The molecule has 3 aromatic rings. The maximum atomic E-state index is 12.6. The van der Waals surface area contributed by atoms with Gasteiger partial charge in [-0.15, -0.1) is 0 Å². The Morgan fingerprint density at radius 3 is 1.32 bits per heavy atom. The minimum absolute atomic E-state index is 0.0155. The molecule has 0 atom stereocenters. The van der Waals surface area contributed by atoms with Gasteiger partial charge < -0.3 is 9.53 Å². The van der Waals surface area contributed by atoms with E-state index in [-0.39, 0.29) is 19.0 Å². The number of benzene rings is 3. The molecule has 4 heteroatoms. The zero-order valence-corrected chi connectivity index (χ0v) is 17.6. The minimum atomic E-state index is -3.05. The molecule has 0 bridgehead atoms. The molecule has 0 saturated carbocycles. The molecular formula is C24H26O3Si. The fourth-order valence-electron chi connectivity index (χ4n) is 3.35. The van der Waals surface area contributed by atoms with Crippen molar-refractivity contribution >= 4 is 29.8 Å². The molecule has 0 fully saturated rings. The van der Waals surface area contributed by atoms with Gasteiger partial charge in [-0.05, 0) is 36.3 Å². The van der Waals surface area contributed by atoms with E-state index in [1.54, 1.807) is 0 Å². The first-order valence-electron chi connectivity index (χ1n) is 9.50. The SMILES string of the molecule is Cc1ccc([Si](OC(=O)CCO)(c2ccc(C)cc2)c2ccc(C)cc2)cc1. The van der Waals surface area contributed by atoms with Crippen molar-refractivity contribution in [3.8, 4) is 0 Å². The second-order valence-electron chi connectivity index (χ2n) is 7.23. The summed E-state index contributed by atoms with van der Waals surface area (Å²) in [6.07, 6.45) is -0.0155. The largest absolute Gasteiger partial charge is 0.505 e. The maximum Gasteiger partial charge on any atom is 0.350 e. The van der Waals surface area contributed by atoms with Crippen LogP contribution in [0.15, 0.2) is 72.8 Å². The summed E-state index contributed by atoms with van der Waals surface area (Å²) < 4.78 is 6.30. The van der Waals surface area contributed by atoms with Crippen LogP contribution in [0, 0.1) is 20.8 Å². The summed E-state index contributed by atoms with van der Waals surface area (Å²) in [7, 11) is -3.05. The number of carbonyl (C=O) groups is 1. The minimum Gasteiger partial charge on any atom is -0.505 e. The van der Waals surface area contributed by atoms with Crippen LogP contribution < -0.4 is 15.6 Å². The number of carbonyl (C=O) groups excluding carboxylic acids is 1. The molecule has 0 heterocycles. The van der Waals surface area contributed by atoms with E-state index in [0.29, 0.717) is 0 Å². The molecular weight excluding hydrogens is 364 g/mol. The third-order valence-electron chi connectivity index (χ3n) is 4.96. The zero-order valence-electron chi connectivity index (χ0n) is 16.6. The second-order valence-corrected chi connectivity index (χ2v) is 10.5. The number of hydrogen-bond acceptors (Lipinski definition) is 3. The molecule has 0 aliphatic carbocycles. The molecule has 0 unspecified atom stereocenters. The van der Waals surface area contributed by atoms with Gasteiger partial charge in [0, 0.05) is 0 Å². The first kappa shape index (κ1) is 20.1. The third-order valence-corrected chi connectivity index (χ3v) is 8.93. The molecule has 3 aromatic carbocycles. The van der Waals surface area contributed by atoms with Gasteiger partial charge in [-0.25, -0.2) is 0 Å². The van der Waals surface area contributed by atoms with Crippen LogP contribution in [-0.4, -0.2) is 26.0 Å². The van der Waals surface area contributed by atoms with Crippen LogP contribution in [0.4, 0.5) is 0 Å². The van der Waals surface area contributed by atoms with Gasteiger partial charge in [0.25, 0.3) is 5.97 Å². The number of aliphatic hydroxyl groups excluding tert-OH is 1. The summed E-state index contributed by atoms with van der Waals surface area (Å²) in [5.74, 6) is -0.379. The standard InChI is InChI=1S/C24H26O3Si/c1-18-4-10-21(11-5-18)28(27-24(26)16-17-25,22-12-6-19(2)7-13-22)23-14-8-20(3)9-15-23/h4-15,25H,16-17H2,1-3H3. The zero-order chi connectivity index (χ0) is 20.1. The lowest BCUT2D eigenvalue weighted by molar-refractivity contribution is -0.135. The van der Waals surface area contributed by atoms with Crippen molar-refractivity contribution in [1.29, 1.82) is 0 Å². The van der Waals surface area contributed by atoms with Crippen molar-refractivity contribution in [2.24, 2.45) is 0 Å². The smallest absolute Gasteiger partial charge is 0.350 e. The fraction of sp³-hybridized carbons (Fsp3) is 0.208. The van der Waals surface area contributed by atoms with Gasteiger partial charge in [-0.2, -0.15) is 0 Å². The highest BCUT2D eigenvalue weighted by atomic mass is 28.4. The summed E-state index contributed by atoms with van der Waals surface area (Å²) in [6.45, 7) is 5.91. The molecule has 3 nitrogen and oxygen atoms in total. The van der Waals surface area contributed by atoms with Gasteiger partial charge in [0.15, 0.2) is 0 Å². The van der Waals surface area contributed by atoms with E-state index in [4.69, 9.17) is 4.43 Å². The Morgan fingerprint density at radius 2 is 1.04 bits per heavy atom. The topological polar surface area (TPSA) is 46.5 Å². The van der Waals surface area contributed by atoms with Crippen molar-refractivity contribution in [2.45, 2.75) is 27.2 Å². The van der Waals surface area contributed by atoms with E-state index in [2.05, 4.69) is 72.8 Å². The van der Waals surface area contributed by atoms with Crippen LogP contribution in [0.25, 0.3) is 0 Å². The van der Waals surface area contributed by atoms with E-state index >= 15 is 0 Å². The Balaban J connectivity index is 2.29. The Kier molecular flexibility index (Phi) is 6.12. The van der Waals surface area contributed by atoms with E-state index < -0.39 is 8.32 Å². The van der Waals surface area contributed by atoms with E-state index in [1.165, 1.54) is 0 Å². The average molecular weight is 391 g/mol. The molecule has 0 aliphatic rings. The lowest BCUT2D eigenvalue weighted by Crippen LogP contribution is -2.70. The summed E-state index contributed by atoms with van der Waals surface area (Å²) in [4.78, 5) is 12.6. The Hall–Kier alpha value is -2.69. The van der Waals surface area contributed by atoms with Crippen molar-refractivity contribution < 1.29 is 14.3 Å². The highest BCUT2D eigenvalue weighted by molar-refractivity contribution is 7.07. The predicted molar refractivity (Wildman–Crippen MR) is 116 cm³/mol. The molecule has 28 heavy (non-hydrogen) atoms. The highest BCUT2D eigenvalue weighted by Gasteiger charge is 2.45. The quantitative estimate of drug-likeness (QED) is 0.520. The molecule has 3 rings (SSSR count). The van der Waals surface area contributed by atoms with Crippen molar-refractivity contribution in [1.82, 2.24) is 0 Å². The van der Waals surface area contributed by atoms with Crippen LogP contribution in [0.2, 0.25) is 0 Å². The van der Waals surface area contributed by atoms with Gasteiger partial charge in [-0.3, -0.25) is 4.79 Å². The molecule has 1 N–H and O–H groups in total. The Labute approximate surface area is 167 Å². The summed E-state index contributed by atoms with van der Waals surface area (Å²) in [5.41, 5.74) is 3.46. The predicted octanol–water partition coefficient (Wildman–Crippen LogP) is 2.50. The number of rotatable bonds is 6. The fourth-order valence-corrected chi connectivity index (χ4v) is 7.06. The van der Waals surface area contributed by atoms with Crippen LogP contribution in [0.3, 0.4) is 0 Å². The second kappa shape index (κ2) is 8.55. The van der Waals surface area contributed by atoms with E-state index in [1.807, 2.05) is 20.8 Å². The van der Waals surface area contributed by atoms with Crippen LogP contribution in [0.5, 0.6) is 0 Å². The van der Waals surface area contributed by atoms with Crippen LogP contribution >= 0.6 is 0 Å². The van der Waals surface area contributed by atoms with Gasteiger partial charge in [-0.1, -0.05) is 89.5 Å². The number of aliphatic hydroxyl groups is 1. The third kappa shape index (κ3) is 4.08. The first-order valence-corrected chi connectivity index (χ1v) is 11.4. The van der Waals surface area contributed by atoms with Crippen LogP contribution in [-0.2, 0) is 9.22 Å². The van der Waals surface area contributed by atoms with Crippen molar-refractivity contribution in [3.05, 3.63) is 89.5 Å². The van der Waals surface area contributed by atoms with Crippen LogP contribution in [0.1, 0.15) is 23.1 Å². The van der Waals surface area contributed by atoms with E-state index in [9.17, 15) is 9.90 Å². The Morgan fingerprint density at radius 1 is 0.714 bits per heavy atom. The van der Waals surface area contributed by atoms with Gasteiger partial charge in [0.05, 0.1) is 13.0 Å². The van der Waals surface area contributed by atoms with Gasteiger partial charge in [0.1, 0.15) is 0 Å². The lowest BCUT2D eigenvalue weighted by atomic mass is 10.2. The van der Waals surface area contributed by atoms with Crippen molar-refractivity contribution in [2.75, 3.05) is 6.61 Å². The van der Waals surface area contributed by atoms with Crippen molar-refractivity contribution in [3.63, 3.8) is 0 Å². The van der Waals surface area contributed by atoms with Gasteiger partial charge in [0.2, 0.25) is 0 Å². The molecule has 0 spiro atoms. The molecule has 0 saturated heterocycles. The summed E-state index contributed by atoms with van der Waals surface area (Å²) in [5, 5.41) is 12.3. The number of aryl methyl sites for hydroxylation is 3. The molecule has 0 aromatic heterocycles. The Bertz CT molecular complexity index is 818. The summed E-state index contributed by atoms with van der Waals surface area (Å²) >= 11 is 0. The molecule has 0 radical (unpaired) electrons. The van der Waals surface area contributed by atoms with Gasteiger partial charge >= 0.3 is 8.32 Å². The maximum absolute atomic E-state index is 12.6. The normalized spacial score (nSPS) is 11.3. The molecule has 0 aliphatic heterocycles. The average Bonchev–Trinajstić information content (AvgIpc) is 2.68. The monoisotopic (exact) mass is 390 g/mol. The molecule has 144 valence electrons. The van der Waals surface area contributed by atoms with E-state index in [0.717, 1.165) is 32.3 Å². The lowest BCUT2D eigenvalue weighted by Gasteiger charge is -2.32. The first-order chi connectivity index (χ1) is 13.5. The summed E-state index contributed by atoms with van der Waals surface area (Å²) in [6, 6.07) is 24.7. The number of hydrogen-bond donors (Lipinski definition) is 1. The highest BCUT2D eigenvalue weighted by Crippen LogP contribution is 2.13. The molecule has 0 amide bonds.